The molecule has 0 spiro atoms. The van der Waals surface area contributed by atoms with Crippen molar-refractivity contribution in [2.45, 2.75) is 62.6 Å². The second-order valence-corrected chi connectivity index (χ2v) is 8.71. The Morgan fingerprint density at radius 1 is 0.964 bits per heavy atom. The highest BCUT2D eigenvalue weighted by Crippen LogP contribution is 2.24. The van der Waals surface area contributed by atoms with Crippen LogP contribution in [0.25, 0.3) is 0 Å². The Morgan fingerprint density at radius 3 is 2.43 bits per heavy atom. The normalized spacial score (nSPS) is 11.1. The van der Waals surface area contributed by atoms with Crippen LogP contribution in [0, 0.1) is 13.8 Å². The summed E-state index contributed by atoms with van der Waals surface area (Å²) in [6.07, 6.45) is 3.35. The number of aryl methyl sites for hydroxylation is 3. The Kier molecular flexibility index (Phi) is 7.91. The third-order valence-corrected chi connectivity index (χ3v) is 6.18. The summed E-state index contributed by atoms with van der Waals surface area (Å²) in [7, 11) is 0. The molecule has 0 aliphatic rings. The van der Waals surface area contributed by atoms with Gasteiger partial charge < -0.3 is 4.57 Å². The third-order valence-electron chi connectivity index (χ3n) is 4.28. The van der Waals surface area contributed by atoms with Gasteiger partial charge in [0.25, 0.3) is 0 Å². The molecule has 0 unspecified atom stereocenters. The molecular weight excluding hydrogens is 386 g/mol. The van der Waals surface area contributed by atoms with E-state index in [1.807, 2.05) is 19.9 Å². The van der Waals surface area contributed by atoms with Crippen molar-refractivity contribution in [3.05, 3.63) is 59.2 Å². The van der Waals surface area contributed by atoms with Crippen LogP contribution in [0.15, 0.2) is 46.7 Å². The van der Waals surface area contributed by atoms with E-state index in [4.69, 9.17) is 0 Å². The van der Waals surface area contributed by atoms with Crippen LogP contribution in [0.1, 0.15) is 42.5 Å². The van der Waals surface area contributed by atoms with Gasteiger partial charge in [-0.15, -0.1) is 10.2 Å². The highest BCUT2D eigenvalue weighted by atomic mass is 32.2. The molecule has 2 aromatic heterocycles. The van der Waals surface area contributed by atoms with Crippen molar-refractivity contribution in [1.29, 1.82) is 0 Å². The Labute approximate surface area is 175 Å². The first-order valence-electron chi connectivity index (χ1n) is 9.69. The van der Waals surface area contributed by atoms with E-state index in [0.29, 0.717) is 0 Å². The lowest BCUT2D eigenvalue weighted by Gasteiger charge is -2.10. The number of rotatable bonds is 10. The van der Waals surface area contributed by atoms with Crippen LogP contribution in [0.4, 0.5) is 0 Å². The first-order valence-corrected chi connectivity index (χ1v) is 11.7. The van der Waals surface area contributed by atoms with Crippen LogP contribution in [0.2, 0.25) is 0 Å². The number of unbranched alkanes of at least 4 members (excludes halogenated alkanes) is 1. The summed E-state index contributed by atoms with van der Waals surface area (Å²) in [5.41, 5.74) is 3.32. The van der Waals surface area contributed by atoms with E-state index in [1.54, 1.807) is 23.5 Å². The van der Waals surface area contributed by atoms with Gasteiger partial charge >= 0.3 is 0 Å². The SMILES string of the molecule is CCCCSc1nnc(CSc2nc(C)cc(C)n2)n1CCc1ccccc1. The van der Waals surface area contributed by atoms with Gasteiger partial charge in [-0.05, 0) is 38.3 Å². The quantitative estimate of drug-likeness (QED) is 0.261. The van der Waals surface area contributed by atoms with Gasteiger partial charge in [-0.3, -0.25) is 0 Å². The molecule has 2 heterocycles. The van der Waals surface area contributed by atoms with Crippen molar-refractivity contribution in [2.24, 2.45) is 0 Å². The van der Waals surface area contributed by atoms with Gasteiger partial charge in [-0.2, -0.15) is 0 Å². The Balaban J connectivity index is 1.72. The van der Waals surface area contributed by atoms with E-state index in [2.05, 4.69) is 62.0 Å². The van der Waals surface area contributed by atoms with E-state index in [0.717, 1.165) is 52.0 Å². The molecule has 0 N–H and O–H groups in total. The predicted molar refractivity (Wildman–Crippen MR) is 117 cm³/mol. The fourth-order valence-electron chi connectivity index (χ4n) is 2.84. The molecule has 0 aliphatic heterocycles. The van der Waals surface area contributed by atoms with Crippen LogP contribution in [0.5, 0.6) is 0 Å². The van der Waals surface area contributed by atoms with E-state index < -0.39 is 0 Å². The molecule has 0 bridgehead atoms. The maximum atomic E-state index is 4.53. The number of nitrogens with zero attached hydrogens (tertiary/aromatic N) is 5. The van der Waals surface area contributed by atoms with Gasteiger partial charge in [0.05, 0.1) is 5.75 Å². The lowest BCUT2D eigenvalue weighted by Crippen LogP contribution is -2.07. The van der Waals surface area contributed by atoms with Crippen molar-refractivity contribution in [3.8, 4) is 0 Å². The van der Waals surface area contributed by atoms with Crippen LogP contribution < -0.4 is 0 Å². The van der Waals surface area contributed by atoms with Gasteiger partial charge in [0.15, 0.2) is 10.3 Å². The number of benzene rings is 1. The molecule has 0 aliphatic carbocycles. The van der Waals surface area contributed by atoms with Crippen molar-refractivity contribution >= 4 is 23.5 Å². The number of thioether (sulfide) groups is 2. The molecule has 5 nitrogen and oxygen atoms in total. The van der Waals surface area contributed by atoms with Crippen molar-refractivity contribution < 1.29 is 0 Å². The number of hydrogen-bond acceptors (Lipinski definition) is 6. The Bertz CT molecular complexity index is 860. The van der Waals surface area contributed by atoms with Gasteiger partial charge in [-0.1, -0.05) is 67.2 Å². The standard InChI is InChI=1S/C21H27N5S2/c1-4-5-13-27-21-25-24-19(15-28-20-22-16(2)14-17(3)23-20)26(21)12-11-18-9-7-6-8-10-18/h6-10,14H,4-5,11-13,15H2,1-3H3. The predicted octanol–water partition coefficient (Wildman–Crippen LogP) is 5.11. The van der Waals surface area contributed by atoms with Gasteiger partial charge in [0.2, 0.25) is 0 Å². The zero-order valence-electron chi connectivity index (χ0n) is 16.8. The number of aromatic nitrogens is 5. The third kappa shape index (κ3) is 6.07. The minimum atomic E-state index is 0.721. The molecule has 0 saturated heterocycles. The van der Waals surface area contributed by atoms with Gasteiger partial charge in [-0.25, -0.2) is 9.97 Å². The zero-order chi connectivity index (χ0) is 19.8. The second kappa shape index (κ2) is 10.6. The second-order valence-electron chi connectivity index (χ2n) is 6.71. The molecule has 0 amide bonds. The van der Waals surface area contributed by atoms with Crippen molar-refractivity contribution in [2.75, 3.05) is 5.75 Å². The lowest BCUT2D eigenvalue weighted by atomic mass is 10.1. The molecule has 3 aromatic rings. The van der Waals surface area contributed by atoms with Gasteiger partial charge in [0.1, 0.15) is 5.82 Å². The van der Waals surface area contributed by atoms with E-state index in [9.17, 15) is 0 Å². The fraction of sp³-hybridized carbons (Fsp3) is 0.429. The molecule has 0 atom stereocenters. The lowest BCUT2D eigenvalue weighted by molar-refractivity contribution is 0.615. The molecule has 3 rings (SSSR count). The number of hydrogen-bond donors (Lipinski definition) is 0. The average molecular weight is 414 g/mol. The minimum Gasteiger partial charge on any atom is -0.305 e. The monoisotopic (exact) mass is 413 g/mol. The summed E-state index contributed by atoms with van der Waals surface area (Å²) in [6, 6.07) is 12.6. The first kappa shape index (κ1) is 20.9. The van der Waals surface area contributed by atoms with Gasteiger partial charge in [0, 0.05) is 23.7 Å². The van der Waals surface area contributed by atoms with Crippen molar-refractivity contribution in [1.82, 2.24) is 24.7 Å². The fourth-order valence-corrected chi connectivity index (χ4v) is 4.79. The maximum absolute atomic E-state index is 4.53. The van der Waals surface area contributed by atoms with Crippen molar-refractivity contribution in [3.63, 3.8) is 0 Å². The molecule has 7 heteroatoms. The molecule has 1 aromatic carbocycles. The maximum Gasteiger partial charge on any atom is 0.191 e. The minimum absolute atomic E-state index is 0.721. The summed E-state index contributed by atoms with van der Waals surface area (Å²) in [5, 5.41) is 10.8. The summed E-state index contributed by atoms with van der Waals surface area (Å²) in [4.78, 5) is 9.06. The average Bonchev–Trinajstić information content (AvgIpc) is 3.07. The smallest absolute Gasteiger partial charge is 0.191 e. The Morgan fingerprint density at radius 2 is 1.71 bits per heavy atom. The molecule has 0 saturated carbocycles. The summed E-state index contributed by atoms with van der Waals surface area (Å²) in [5.74, 6) is 2.79. The largest absolute Gasteiger partial charge is 0.305 e. The molecule has 28 heavy (non-hydrogen) atoms. The highest BCUT2D eigenvalue weighted by Gasteiger charge is 2.14. The summed E-state index contributed by atoms with van der Waals surface area (Å²) in [6.45, 7) is 7.11. The molecular formula is C21H27N5S2. The van der Waals surface area contributed by atoms with Crippen LogP contribution in [-0.2, 0) is 18.7 Å². The first-order chi connectivity index (χ1) is 13.7. The molecule has 0 fully saturated rings. The van der Waals surface area contributed by atoms with E-state index >= 15 is 0 Å². The topological polar surface area (TPSA) is 56.5 Å². The zero-order valence-corrected chi connectivity index (χ0v) is 18.4. The van der Waals surface area contributed by atoms with Crippen LogP contribution in [0.3, 0.4) is 0 Å². The van der Waals surface area contributed by atoms with Crippen LogP contribution >= 0.6 is 23.5 Å². The molecule has 148 valence electrons. The summed E-state index contributed by atoms with van der Waals surface area (Å²) < 4.78 is 2.27. The highest BCUT2D eigenvalue weighted by molar-refractivity contribution is 7.99. The van der Waals surface area contributed by atoms with Crippen LogP contribution in [-0.4, -0.2) is 30.5 Å². The van der Waals surface area contributed by atoms with E-state index in [1.165, 1.54) is 18.4 Å². The summed E-state index contributed by atoms with van der Waals surface area (Å²) >= 11 is 3.43. The molecule has 0 radical (unpaired) electrons. The van der Waals surface area contributed by atoms with E-state index in [-0.39, 0.29) is 0 Å². The Hall–Kier alpha value is -1.86.